The van der Waals surface area contributed by atoms with Crippen molar-refractivity contribution in [2.75, 3.05) is 0 Å². The number of carboxylic acid groups (broad SMARTS) is 1. The maximum Gasteiger partial charge on any atom is 0.0543 e. The molecule has 1 N–H and O–H groups in total. The van der Waals surface area contributed by atoms with E-state index < -0.39 is 5.97 Å². The van der Waals surface area contributed by atoms with Gasteiger partial charge < -0.3 is 15.0 Å². The molecular formula is C20H31O3-. The van der Waals surface area contributed by atoms with Crippen molar-refractivity contribution < 1.29 is 15.0 Å². The molecule has 0 amide bonds. The molecule has 4 aliphatic carbocycles. The molecule has 4 saturated carbocycles. The van der Waals surface area contributed by atoms with Gasteiger partial charge in [-0.15, -0.1) is 0 Å². The Labute approximate surface area is 139 Å². The van der Waals surface area contributed by atoms with Crippen molar-refractivity contribution in [3.05, 3.63) is 0 Å². The van der Waals surface area contributed by atoms with Crippen LogP contribution >= 0.6 is 0 Å². The van der Waals surface area contributed by atoms with Crippen LogP contribution in [0.5, 0.6) is 0 Å². The molecule has 3 nitrogen and oxygen atoms in total. The Balaban J connectivity index is 1.61. The normalized spacial score (nSPS) is 55.6. The molecule has 0 aromatic carbocycles. The van der Waals surface area contributed by atoms with E-state index in [4.69, 9.17) is 0 Å². The fraction of sp³-hybridized carbons (Fsp3) is 0.950. The summed E-state index contributed by atoms with van der Waals surface area (Å²) in [4.78, 5) is 11.6. The van der Waals surface area contributed by atoms with Gasteiger partial charge in [0.25, 0.3) is 0 Å². The number of hydrogen-bond acceptors (Lipinski definition) is 3. The minimum Gasteiger partial charge on any atom is -0.550 e. The first-order valence-electron chi connectivity index (χ1n) is 9.75. The second kappa shape index (κ2) is 5.21. The van der Waals surface area contributed by atoms with E-state index in [1.807, 2.05) is 0 Å². The Kier molecular flexibility index (Phi) is 3.61. The molecule has 0 unspecified atom stereocenters. The van der Waals surface area contributed by atoms with Crippen molar-refractivity contribution in [2.45, 2.75) is 77.7 Å². The molecule has 0 saturated heterocycles. The average molecular weight is 319 g/mol. The zero-order valence-electron chi connectivity index (χ0n) is 14.6. The Morgan fingerprint density at radius 2 is 1.65 bits per heavy atom. The predicted octanol–water partition coefficient (Wildman–Crippen LogP) is 2.76. The summed E-state index contributed by atoms with van der Waals surface area (Å²) in [6.45, 7) is 4.72. The van der Waals surface area contributed by atoms with E-state index in [1.54, 1.807) is 0 Å². The number of hydrogen-bond donors (Lipinski definition) is 1. The zero-order chi connectivity index (χ0) is 16.4. The van der Waals surface area contributed by atoms with Crippen LogP contribution in [-0.4, -0.2) is 17.2 Å². The predicted molar refractivity (Wildman–Crippen MR) is 86.2 cm³/mol. The topological polar surface area (TPSA) is 60.4 Å². The lowest BCUT2D eigenvalue weighted by Gasteiger charge is -2.61. The van der Waals surface area contributed by atoms with Gasteiger partial charge in [0.2, 0.25) is 0 Å². The minimum absolute atomic E-state index is 0.0304. The first-order valence-corrected chi connectivity index (χ1v) is 9.75. The van der Waals surface area contributed by atoms with Gasteiger partial charge >= 0.3 is 0 Å². The van der Waals surface area contributed by atoms with Crippen LogP contribution in [0.25, 0.3) is 0 Å². The van der Waals surface area contributed by atoms with Crippen LogP contribution in [0, 0.1) is 40.4 Å². The van der Waals surface area contributed by atoms with E-state index in [1.165, 1.54) is 19.3 Å². The van der Waals surface area contributed by atoms with Gasteiger partial charge in [-0.1, -0.05) is 13.8 Å². The summed E-state index contributed by atoms with van der Waals surface area (Å²) in [5, 5.41) is 21.7. The quantitative estimate of drug-likeness (QED) is 0.808. The maximum atomic E-state index is 11.6. The summed E-state index contributed by atoms with van der Waals surface area (Å²) in [5.41, 5.74) is 0.348. The summed E-state index contributed by atoms with van der Waals surface area (Å²) < 4.78 is 0. The van der Waals surface area contributed by atoms with E-state index in [9.17, 15) is 15.0 Å². The smallest absolute Gasteiger partial charge is 0.0543 e. The van der Waals surface area contributed by atoms with Gasteiger partial charge in [-0.25, -0.2) is 0 Å². The molecule has 3 heteroatoms. The van der Waals surface area contributed by atoms with Gasteiger partial charge in [-0.05, 0) is 92.3 Å². The maximum absolute atomic E-state index is 11.6. The average Bonchev–Trinajstić information content (AvgIpc) is 2.85. The van der Waals surface area contributed by atoms with E-state index in [-0.39, 0.29) is 17.4 Å². The zero-order valence-corrected chi connectivity index (χ0v) is 14.6. The lowest BCUT2D eigenvalue weighted by atomic mass is 9.44. The number of carbonyl (C=O) groups is 1. The van der Waals surface area contributed by atoms with Crippen molar-refractivity contribution in [1.82, 2.24) is 0 Å². The third-order valence-corrected chi connectivity index (χ3v) is 8.92. The van der Waals surface area contributed by atoms with E-state index in [0.29, 0.717) is 23.2 Å². The molecule has 0 radical (unpaired) electrons. The number of rotatable bonds is 1. The Morgan fingerprint density at radius 3 is 2.39 bits per heavy atom. The van der Waals surface area contributed by atoms with Crippen LogP contribution in [0.4, 0.5) is 0 Å². The second-order valence-electron chi connectivity index (χ2n) is 9.58. The molecule has 0 aromatic rings. The highest BCUT2D eigenvalue weighted by Crippen LogP contribution is 2.67. The van der Waals surface area contributed by atoms with E-state index >= 15 is 0 Å². The molecule has 0 bridgehead atoms. The summed E-state index contributed by atoms with van der Waals surface area (Å²) in [7, 11) is 0. The third kappa shape index (κ3) is 2.14. The van der Waals surface area contributed by atoms with Crippen LogP contribution < -0.4 is 5.11 Å². The van der Waals surface area contributed by atoms with Crippen molar-refractivity contribution in [3.8, 4) is 0 Å². The highest BCUT2D eigenvalue weighted by Gasteiger charge is 2.60. The van der Waals surface area contributed by atoms with Crippen molar-refractivity contribution in [3.63, 3.8) is 0 Å². The van der Waals surface area contributed by atoms with Crippen LogP contribution in [0.2, 0.25) is 0 Å². The number of aliphatic carboxylic acids is 1. The molecule has 0 aromatic heterocycles. The van der Waals surface area contributed by atoms with Gasteiger partial charge in [-0.3, -0.25) is 0 Å². The summed E-state index contributed by atoms with van der Waals surface area (Å²) in [6.07, 6.45) is 9.65. The van der Waals surface area contributed by atoms with Crippen LogP contribution in [0.3, 0.4) is 0 Å². The van der Waals surface area contributed by atoms with Crippen molar-refractivity contribution >= 4 is 5.97 Å². The summed E-state index contributed by atoms with van der Waals surface area (Å²) in [5.74, 6) is 1.66. The molecule has 0 heterocycles. The SMILES string of the molecule is C[C@@]12CC[C@H]3[C@@H](CC[C@H]4C[C@@H](O)CC[C@]43C)[C@H]1CC[C@@H]2C(=O)[O-]. The van der Waals surface area contributed by atoms with Crippen LogP contribution in [0.1, 0.15) is 71.6 Å². The Hall–Kier alpha value is -0.570. The van der Waals surface area contributed by atoms with E-state index in [2.05, 4.69) is 13.8 Å². The molecular weight excluding hydrogens is 288 g/mol. The number of aliphatic hydroxyl groups is 1. The van der Waals surface area contributed by atoms with Gasteiger partial charge in [0.1, 0.15) is 0 Å². The monoisotopic (exact) mass is 319 g/mol. The molecule has 4 aliphatic rings. The number of fused-ring (bicyclic) bond motifs is 5. The van der Waals surface area contributed by atoms with Gasteiger partial charge in [0.15, 0.2) is 0 Å². The van der Waals surface area contributed by atoms with Crippen molar-refractivity contribution in [1.29, 1.82) is 0 Å². The molecule has 8 atom stereocenters. The summed E-state index contributed by atoms with van der Waals surface area (Å²) >= 11 is 0. The Bertz CT molecular complexity index is 503. The van der Waals surface area contributed by atoms with E-state index in [0.717, 1.165) is 44.4 Å². The molecule has 23 heavy (non-hydrogen) atoms. The molecule has 4 fully saturated rings. The third-order valence-electron chi connectivity index (χ3n) is 8.92. The molecule has 0 aliphatic heterocycles. The Morgan fingerprint density at radius 1 is 0.957 bits per heavy atom. The minimum atomic E-state index is -0.811. The summed E-state index contributed by atoms with van der Waals surface area (Å²) in [6, 6.07) is 0. The second-order valence-corrected chi connectivity index (χ2v) is 9.58. The van der Waals surface area contributed by atoms with Crippen molar-refractivity contribution in [2.24, 2.45) is 40.4 Å². The standard InChI is InChI=1S/C20H32O3/c1-19-9-7-13(21)11-12(19)3-4-14-15-5-6-17(18(22)23)20(15,2)10-8-16(14)19/h12-17,21H,3-11H2,1-2H3,(H,22,23)/p-1/t12-,13-,14-,15+,16-,17+,19+,20+/m0/s1. The van der Waals surface area contributed by atoms with Crippen LogP contribution in [0.15, 0.2) is 0 Å². The fourth-order valence-corrected chi connectivity index (χ4v) is 7.62. The highest BCUT2D eigenvalue weighted by atomic mass is 16.4. The van der Waals surface area contributed by atoms with Gasteiger partial charge in [0.05, 0.1) is 6.10 Å². The largest absolute Gasteiger partial charge is 0.550 e. The number of carbonyl (C=O) groups excluding carboxylic acids is 1. The molecule has 130 valence electrons. The lowest BCUT2D eigenvalue weighted by Crippen LogP contribution is -2.55. The fourth-order valence-electron chi connectivity index (χ4n) is 7.62. The molecule has 0 spiro atoms. The first-order chi connectivity index (χ1) is 10.9. The number of aliphatic hydroxyl groups excluding tert-OH is 1. The van der Waals surface area contributed by atoms with Gasteiger partial charge in [0, 0.05) is 11.9 Å². The van der Waals surface area contributed by atoms with Crippen LogP contribution in [-0.2, 0) is 4.79 Å². The lowest BCUT2D eigenvalue weighted by molar-refractivity contribution is -0.315. The first kappa shape index (κ1) is 15.9. The van der Waals surface area contributed by atoms with Gasteiger partial charge in [-0.2, -0.15) is 0 Å². The highest BCUT2D eigenvalue weighted by molar-refractivity contribution is 5.69. The number of carboxylic acids is 1. The molecule has 4 rings (SSSR count).